The Morgan fingerprint density at radius 1 is 1.37 bits per heavy atom. The molecule has 1 aromatic rings. The number of rotatable bonds is 6. The highest BCUT2D eigenvalue weighted by Crippen LogP contribution is 2.27. The quantitative estimate of drug-likeness (QED) is 0.871. The van der Waals surface area contributed by atoms with Gasteiger partial charge >= 0.3 is 5.97 Å². The van der Waals surface area contributed by atoms with Crippen LogP contribution >= 0.6 is 23.2 Å². The van der Waals surface area contributed by atoms with Gasteiger partial charge in [0.2, 0.25) is 10.0 Å². The Morgan fingerprint density at radius 2 is 2.00 bits per heavy atom. The third-order valence-electron chi connectivity index (χ3n) is 2.45. The highest BCUT2D eigenvalue weighted by Gasteiger charge is 2.23. The number of halogens is 2. The first kappa shape index (κ1) is 16.2. The average molecular weight is 326 g/mol. The number of carboxylic acids is 1. The van der Waals surface area contributed by atoms with E-state index in [0.29, 0.717) is 0 Å². The molecule has 0 aliphatic heterocycles. The Morgan fingerprint density at radius 3 is 2.58 bits per heavy atom. The van der Waals surface area contributed by atoms with Gasteiger partial charge in [-0.3, -0.25) is 4.79 Å². The Hall–Kier alpha value is -0.820. The van der Waals surface area contributed by atoms with Gasteiger partial charge in [0.05, 0.1) is 5.02 Å². The van der Waals surface area contributed by atoms with Crippen LogP contribution in [0.4, 0.5) is 0 Å². The minimum atomic E-state index is -3.77. The van der Waals surface area contributed by atoms with Crippen LogP contribution in [0.15, 0.2) is 23.1 Å². The van der Waals surface area contributed by atoms with Crippen molar-refractivity contribution < 1.29 is 18.3 Å². The summed E-state index contributed by atoms with van der Waals surface area (Å²) >= 11 is 11.6. The lowest BCUT2D eigenvalue weighted by atomic mass is 10.3. The van der Waals surface area contributed by atoms with Crippen LogP contribution in [0.1, 0.15) is 12.8 Å². The molecule has 0 bridgehead atoms. The second-order valence-electron chi connectivity index (χ2n) is 3.90. The zero-order chi connectivity index (χ0) is 14.6. The van der Waals surface area contributed by atoms with Gasteiger partial charge in [-0.2, -0.15) is 0 Å². The Kier molecular flexibility index (Phi) is 5.61. The van der Waals surface area contributed by atoms with Crippen molar-refractivity contribution in [2.24, 2.45) is 0 Å². The monoisotopic (exact) mass is 325 g/mol. The SMILES string of the molecule is CN(CCCC(=O)O)S(=O)(=O)c1cc(Cl)ccc1Cl. The molecule has 0 atom stereocenters. The fourth-order valence-electron chi connectivity index (χ4n) is 1.42. The van der Waals surface area contributed by atoms with Gasteiger partial charge in [0, 0.05) is 25.0 Å². The van der Waals surface area contributed by atoms with Crippen molar-refractivity contribution in [2.45, 2.75) is 17.7 Å². The maximum Gasteiger partial charge on any atom is 0.303 e. The van der Waals surface area contributed by atoms with Crippen molar-refractivity contribution in [1.29, 1.82) is 0 Å². The zero-order valence-corrected chi connectivity index (χ0v) is 12.5. The van der Waals surface area contributed by atoms with E-state index in [2.05, 4.69) is 0 Å². The largest absolute Gasteiger partial charge is 0.481 e. The number of benzene rings is 1. The van der Waals surface area contributed by atoms with Crippen molar-refractivity contribution in [2.75, 3.05) is 13.6 Å². The van der Waals surface area contributed by atoms with Gasteiger partial charge in [-0.05, 0) is 24.6 Å². The molecule has 0 aliphatic carbocycles. The smallest absolute Gasteiger partial charge is 0.303 e. The molecule has 0 radical (unpaired) electrons. The number of nitrogens with zero attached hydrogens (tertiary/aromatic N) is 1. The lowest BCUT2D eigenvalue weighted by Crippen LogP contribution is -2.28. The molecule has 0 fully saturated rings. The first-order valence-corrected chi connectivity index (χ1v) is 7.58. The minimum absolute atomic E-state index is 0.0782. The van der Waals surface area contributed by atoms with E-state index in [1.165, 1.54) is 25.2 Å². The van der Waals surface area contributed by atoms with Crippen LogP contribution in [0, 0.1) is 0 Å². The molecule has 106 valence electrons. The summed E-state index contributed by atoms with van der Waals surface area (Å²) in [4.78, 5) is 10.3. The van der Waals surface area contributed by atoms with E-state index in [1.807, 2.05) is 0 Å². The van der Waals surface area contributed by atoms with Gasteiger partial charge in [-0.15, -0.1) is 0 Å². The third kappa shape index (κ3) is 4.35. The van der Waals surface area contributed by atoms with Crippen molar-refractivity contribution in [1.82, 2.24) is 4.31 Å². The summed E-state index contributed by atoms with van der Waals surface area (Å²) < 4.78 is 25.5. The van der Waals surface area contributed by atoms with E-state index in [-0.39, 0.29) is 34.3 Å². The lowest BCUT2D eigenvalue weighted by molar-refractivity contribution is -0.137. The number of hydrogen-bond acceptors (Lipinski definition) is 3. The molecule has 19 heavy (non-hydrogen) atoms. The molecule has 1 N–H and O–H groups in total. The van der Waals surface area contributed by atoms with Gasteiger partial charge in [-0.1, -0.05) is 23.2 Å². The van der Waals surface area contributed by atoms with Crippen molar-refractivity contribution in [3.63, 3.8) is 0 Å². The first-order valence-electron chi connectivity index (χ1n) is 5.38. The molecule has 0 spiro atoms. The average Bonchev–Trinajstić information content (AvgIpc) is 2.31. The number of hydrogen-bond donors (Lipinski definition) is 1. The molecule has 0 heterocycles. The lowest BCUT2D eigenvalue weighted by Gasteiger charge is -2.17. The van der Waals surface area contributed by atoms with Gasteiger partial charge in [-0.25, -0.2) is 12.7 Å². The van der Waals surface area contributed by atoms with Crippen molar-refractivity contribution in [3.8, 4) is 0 Å². The number of aliphatic carboxylic acids is 1. The summed E-state index contributed by atoms with van der Waals surface area (Å²) in [5.74, 6) is -0.966. The Balaban J connectivity index is 2.90. The van der Waals surface area contributed by atoms with Crippen LogP contribution in [0.5, 0.6) is 0 Å². The van der Waals surface area contributed by atoms with Crippen LogP contribution in [-0.4, -0.2) is 37.4 Å². The van der Waals surface area contributed by atoms with Gasteiger partial charge in [0.1, 0.15) is 4.90 Å². The summed E-state index contributed by atoms with van der Waals surface area (Å²) in [6.07, 6.45) is 0.131. The second-order valence-corrected chi connectivity index (χ2v) is 6.76. The van der Waals surface area contributed by atoms with Crippen molar-refractivity contribution in [3.05, 3.63) is 28.2 Å². The fourth-order valence-corrected chi connectivity index (χ4v) is 3.36. The molecule has 0 aromatic heterocycles. The molecular formula is C11H13Cl2NO4S. The molecule has 1 rings (SSSR count). The Labute approximate surface area is 121 Å². The Bertz CT molecular complexity index is 574. The number of carboxylic acid groups (broad SMARTS) is 1. The fraction of sp³-hybridized carbons (Fsp3) is 0.364. The highest BCUT2D eigenvalue weighted by atomic mass is 35.5. The van der Waals surface area contributed by atoms with Crippen molar-refractivity contribution >= 4 is 39.2 Å². The van der Waals surface area contributed by atoms with E-state index >= 15 is 0 Å². The van der Waals surface area contributed by atoms with E-state index in [9.17, 15) is 13.2 Å². The molecule has 5 nitrogen and oxygen atoms in total. The van der Waals surface area contributed by atoms with E-state index < -0.39 is 16.0 Å². The van der Waals surface area contributed by atoms with Gasteiger partial charge < -0.3 is 5.11 Å². The van der Waals surface area contributed by atoms with E-state index in [4.69, 9.17) is 28.3 Å². The molecule has 1 aromatic carbocycles. The van der Waals surface area contributed by atoms with E-state index in [0.717, 1.165) is 4.31 Å². The first-order chi connectivity index (χ1) is 8.75. The molecule has 0 saturated carbocycles. The summed E-state index contributed by atoms with van der Waals surface area (Å²) in [5.41, 5.74) is 0. The van der Waals surface area contributed by atoms with Crippen LogP contribution in [0.25, 0.3) is 0 Å². The normalized spacial score (nSPS) is 11.8. The van der Waals surface area contributed by atoms with Crippen LogP contribution in [0.2, 0.25) is 10.0 Å². The van der Waals surface area contributed by atoms with Crippen LogP contribution in [0.3, 0.4) is 0 Å². The predicted molar refractivity (Wildman–Crippen MR) is 73.1 cm³/mol. The van der Waals surface area contributed by atoms with Crippen LogP contribution in [-0.2, 0) is 14.8 Å². The maximum atomic E-state index is 12.2. The molecule has 8 heteroatoms. The standard InChI is InChI=1S/C11H13Cl2NO4S/c1-14(6-2-3-11(15)16)19(17,18)10-7-8(12)4-5-9(10)13/h4-5,7H,2-3,6H2,1H3,(H,15,16). The van der Waals surface area contributed by atoms with Gasteiger partial charge in [0.25, 0.3) is 0 Å². The zero-order valence-electron chi connectivity index (χ0n) is 10.1. The number of carbonyl (C=O) groups is 1. The summed E-state index contributed by atoms with van der Waals surface area (Å²) in [5, 5.41) is 8.86. The highest BCUT2D eigenvalue weighted by molar-refractivity contribution is 7.89. The molecule has 0 unspecified atom stereocenters. The molecule has 0 aliphatic rings. The molecule has 0 saturated heterocycles. The summed E-state index contributed by atoms with van der Waals surface area (Å²) in [7, 11) is -2.40. The van der Waals surface area contributed by atoms with E-state index in [1.54, 1.807) is 0 Å². The third-order valence-corrected chi connectivity index (χ3v) is 5.02. The van der Waals surface area contributed by atoms with Gasteiger partial charge in [0.15, 0.2) is 0 Å². The second kappa shape index (κ2) is 6.56. The van der Waals surface area contributed by atoms with Crippen LogP contribution < -0.4 is 0 Å². The summed E-state index contributed by atoms with van der Waals surface area (Å²) in [6, 6.07) is 4.17. The number of sulfonamides is 1. The predicted octanol–water partition coefficient (Wildman–Crippen LogP) is 2.48. The maximum absolute atomic E-state index is 12.2. The topological polar surface area (TPSA) is 74.7 Å². The molecule has 0 amide bonds. The minimum Gasteiger partial charge on any atom is -0.481 e. The summed E-state index contributed by atoms with van der Waals surface area (Å²) in [6.45, 7) is 0.0947. The molecular weight excluding hydrogens is 313 g/mol.